The summed E-state index contributed by atoms with van der Waals surface area (Å²) in [6.07, 6.45) is 9.46. The Morgan fingerprint density at radius 3 is 2.71 bits per heavy atom. The van der Waals surface area contributed by atoms with E-state index >= 15 is 0 Å². The van der Waals surface area contributed by atoms with Crippen LogP contribution in [0, 0.1) is 28.6 Å². The summed E-state index contributed by atoms with van der Waals surface area (Å²) in [5, 5.41) is 9.74. The van der Waals surface area contributed by atoms with E-state index in [1.807, 2.05) is 0 Å². The Labute approximate surface area is 128 Å². The average molecular weight is 286 g/mol. The maximum atomic E-state index is 12.2. The lowest BCUT2D eigenvalue weighted by Crippen LogP contribution is -2.37. The Morgan fingerprint density at radius 1 is 1.38 bits per heavy atom. The Morgan fingerprint density at radius 2 is 2.10 bits per heavy atom. The quantitative estimate of drug-likeness (QED) is 0.621. The molecule has 0 amide bonds. The van der Waals surface area contributed by atoms with Crippen LogP contribution >= 0.6 is 0 Å². The molecule has 0 aromatic rings. The fourth-order valence-corrected chi connectivity index (χ4v) is 4.46. The van der Waals surface area contributed by atoms with Gasteiger partial charge in [0.1, 0.15) is 11.4 Å². The minimum atomic E-state index is -0.909. The number of carbonyl (C=O) groups is 1. The lowest BCUT2D eigenvalue weighted by molar-refractivity contribution is -0.128. The van der Waals surface area contributed by atoms with Gasteiger partial charge in [-0.1, -0.05) is 30.4 Å². The van der Waals surface area contributed by atoms with Crippen LogP contribution < -0.4 is 0 Å². The van der Waals surface area contributed by atoms with Crippen molar-refractivity contribution in [1.29, 1.82) is 0 Å². The van der Waals surface area contributed by atoms with E-state index in [1.54, 1.807) is 13.8 Å². The van der Waals surface area contributed by atoms with Crippen LogP contribution in [0.3, 0.4) is 0 Å². The minimum absolute atomic E-state index is 0.0856. The molecule has 2 atom stereocenters. The molecule has 0 unspecified atom stereocenters. The molecule has 2 fully saturated rings. The van der Waals surface area contributed by atoms with Gasteiger partial charge in [-0.25, -0.2) is 0 Å². The first-order valence-electron chi connectivity index (χ1n) is 8.23. The second kappa shape index (κ2) is 4.71. The van der Waals surface area contributed by atoms with Crippen LogP contribution in [0.1, 0.15) is 65.7 Å². The number of carbonyl (C=O) groups excluding carboxylic acids is 1. The van der Waals surface area contributed by atoms with E-state index in [9.17, 15) is 9.90 Å². The van der Waals surface area contributed by atoms with Crippen molar-refractivity contribution in [2.75, 3.05) is 0 Å². The number of Topliss-reactive ketones (excluding diaryl/α,β-unsaturated/α-hetero) is 1. The third-order valence-electron chi connectivity index (χ3n) is 5.70. The van der Waals surface area contributed by atoms with Crippen molar-refractivity contribution in [3.8, 4) is 11.8 Å². The number of allylic oxidation sites excluding steroid dienone is 2. The summed E-state index contributed by atoms with van der Waals surface area (Å²) < 4.78 is 0. The van der Waals surface area contributed by atoms with E-state index < -0.39 is 5.60 Å². The van der Waals surface area contributed by atoms with Gasteiger partial charge in [-0.05, 0) is 51.4 Å². The van der Waals surface area contributed by atoms with Gasteiger partial charge in [0.05, 0.1) is 0 Å². The molecule has 21 heavy (non-hydrogen) atoms. The van der Waals surface area contributed by atoms with Crippen LogP contribution in [0.5, 0.6) is 0 Å². The summed E-state index contributed by atoms with van der Waals surface area (Å²) in [6, 6.07) is 0. The molecule has 0 heterocycles. The second-order valence-electron chi connectivity index (χ2n) is 7.96. The summed E-state index contributed by atoms with van der Waals surface area (Å²) >= 11 is 0. The zero-order valence-electron chi connectivity index (χ0n) is 13.5. The van der Waals surface area contributed by atoms with Gasteiger partial charge < -0.3 is 5.11 Å². The zero-order valence-corrected chi connectivity index (χ0v) is 13.5. The fourth-order valence-electron chi connectivity index (χ4n) is 4.46. The molecule has 0 saturated heterocycles. The Balaban J connectivity index is 1.80. The summed E-state index contributed by atoms with van der Waals surface area (Å²) in [6.45, 7) is 5.76. The van der Waals surface area contributed by atoms with Crippen molar-refractivity contribution >= 4 is 5.78 Å². The van der Waals surface area contributed by atoms with Gasteiger partial charge in [0.25, 0.3) is 0 Å². The number of hydrogen-bond donors (Lipinski definition) is 1. The number of hydrogen-bond acceptors (Lipinski definition) is 2. The lowest BCUT2D eigenvalue weighted by Gasteiger charge is -2.40. The molecule has 1 N–H and O–H groups in total. The largest absolute Gasteiger partial charge is 0.378 e. The second-order valence-corrected chi connectivity index (χ2v) is 7.96. The van der Waals surface area contributed by atoms with Crippen molar-refractivity contribution in [3.05, 3.63) is 11.6 Å². The molecule has 3 aliphatic carbocycles. The standard InChI is InChI=1S/C19H26O2/c1-17(2,21)9-5-11-19(12-13-19)16-8-7-14-15(20)6-4-10-18(14,16)3/h8,14,21H,4,6-7,10-13H2,1-3H3/t14-,18+/m0/s1. The monoisotopic (exact) mass is 286 g/mol. The lowest BCUT2D eigenvalue weighted by atomic mass is 9.62. The molecule has 2 heteroatoms. The molecule has 3 aliphatic rings. The number of ketones is 1. The number of fused-ring (bicyclic) bond motifs is 1. The Kier molecular flexibility index (Phi) is 3.33. The van der Waals surface area contributed by atoms with E-state index in [1.165, 1.54) is 18.4 Å². The van der Waals surface area contributed by atoms with Gasteiger partial charge in [0.2, 0.25) is 0 Å². The highest BCUT2D eigenvalue weighted by Gasteiger charge is 2.57. The molecule has 0 spiro atoms. The average Bonchev–Trinajstić information content (AvgIpc) is 3.03. The topological polar surface area (TPSA) is 37.3 Å². The number of aliphatic hydroxyl groups is 1. The third-order valence-corrected chi connectivity index (χ3v) is 5.70. The smallest absolute Gasteiger partial charge is 0.137 e. The van der Waals surface area contributed by atoms with Gasteiger partial charge in [-0.3, -0.25) is 4.79 Å². The first-order valence-corrected chi connectivity index (χ1v) is 8.23. The first-order chi connectivity index (χ1) is 9.77. The normalized spacial score (nSPS) is 33.8. The molecule has 2 nitrogen and oxygen atoms in total. The van der Waals surface area contributed by atoms with E-state index in [0.29, 0.717) is 5.78 Å². The highest BCUT2D eigenvalue weighted by atomic mass is 16.3. The van der Waals surface area contributed by atoms with Gasteiger partial charge in [-0.2, -0.15) is 0 Å². The highest BCUT2D eigenvalue weighted by Crippen LogP contribution is 2.65. The van der Waals surface area contributed by atoms with Crippen LogP contribution in [0.4, 0.5) is 0 Å². The fraction of sp³-hybridized carbons (Fsp3) is 0.737. The summed E-state index contributed by atoms with van der Waals surface area (Å²) in [4.78, 5) is 12.2. The molecule has 0 radical (unpaired) electrons. The molecule has 3 rings (SSSR count). The summed E-state index contributed by atoms with van der Waals surface area (Å²) in [5.74, 6) is 6.84. The van der Waals surface area contributed by atoms with Crippen LogP contribution in [-0.4, -0.2) is 16.5 Å². The molecular formula is C19H26O2. The molecule has 0 aromatic carbocycles. The van der Waals surface area contributed by atoms with Gasteiger partial charge in [0.15, 0.2) is 0 Å². The first kappa shape index (κ1) is 14.9. The summed E-state index contributed by atoms with van der Waals surface area (Å²) in [7, 11) is 0. The van der Waals surface area contributed by atoms with Gasteiger partial charge >= 0.3 is 0 Å². The molecule has 2 saturated carbocycles. The zero-order chi connectivity index (χ0) is 15.3. The maximum Gasteiger partial charge on any atom is 0.137 e. The molecule has 0 aliphatic heterocycles. The van der Waals surface area contributed by atoms with Crippen molar-refractivity contribution in [2.45, 2.75) is 71.3 Å². The molecule has 114 valence electrons. The number of rotatable bonds is 2. The molecule has 0 aromatic heterocycles. The molecular weight excluding hydrogens is 260 g/mol. The van der Waals surface area contributed by atoms with Gasteiger partial charge in [0, 0.05) is 24.2 Å². The predicted molar refractivity (Wildman–Crippen MR) is 83.5 cm³/mol. The summed E-state index contributed by atoms with van der Waals surface area (Å²) in [5.41, 5.74) is 0.896. The van der Waals surface area contributed by atoms with Gasteiger partial charge in [-0.15, -0.1) is 0 Å². The predicted octanol–water partition coefficient (Wildman–Crippen LogP) is 3.64. The maximum absolute atomic E-state index is 12.2. The SMILES string of the molecule is CC(C)(O)C#CCC1(C2=CC[C@H]3C(=O)CCC[C@@]23C)CC1. The third kappa shape index (κ3) is 2.57. The van der Waals surface area contributed by atoms with Crippen molar-refractivity contribution in [1.82, 2.24) is 0 Å². The van der Waals surface area contributed by atoms with Crippen LogP contribution in [-0.2, 0) is 4.79 Å². The van der Waals surface area contributed by atoms with Crippen molar-refractivity contribution < 1.29 is 9.90 Å². The van der Waals surface area contributed by atoms with E-state index in [2.05, 4.69) is 24.8 Å². The van der Waals surface area contributed by atoms with E-state index in [-0.39, 0.29) is 16.7 Å². The Hall–Kier alpha value is -1.07. The van der Waals surface area contributed by atoms with Crippen LogP contribution in [0.15, 0.2) is 11.6 Å². The van der Waals surface area contributed by atoms with Crippen LogP contribution in [0.25, 0.3) is 0 Å². The highest BCUT2D eigenvalue weighted by molar-refractivity contribution is 5.84. The van der Waals surface area contributed by atoms with Crippen molar-refractivity contribution in [3.63, 3.8) is 0 Å². The molecule has 0 bridgehead atoms. The van der Waals surface area contributed by atoms with Crippen molar-refractivity contribution in [2.24, 2.45) is 16.7 Å². The van der Waals surface area contributed by atoms with Crippen LogP contribution in [0.2, 0.25) is 0 Å². The Bertz CT molecular complexity index is 548. The van der Waals surface area contributed by atoms with E-state index in [0.717, 1.165) is 32.1 Å². The minimum Gasteiger partial charge on any atom is -0.378 e. The van der Waals surface area contributed by atoms with E-state index in [4.69, 9.17) is 0 Å².